The quantitative estimate of drug-likeness (QED) is 0.797. The van der Waals surface area contributed by atoms with Gasteiger partial charge in [0.15, 0.2) is 0 Å². The standard InChI is InChI=1S/C17H21N3O/c1-13-4-2-3-5-15(13)11-20(12-17(19)21)10-14-6-8-16(18)9-7-14/h2-9H,10-12,18H2,1H3,(H2,19,21). The third kappa shape index (κ3) is 4.61. The van der Waals surface area contributed by atoms with Crippen molar-refractivity contribution in [2.24, 2.45) is 5.73 Å². The highest BCUT2D eigenvalue weighted by molar-refractivity contribution is 5.75. The van der Waals surface area contributed by atoms with Crippen LogP contribution in [0.15, 0.2) is 48.5 Å². The highest BCUT2D eigenvalue weighted by Gasteiger charge is 2.11. The van der Waals surface area contributed by atoms with E-state index in [1.165, 1.54) is 11.1 Å². The number of aryl methyl sites for hydroxylation is 1. The normalized spacial score (nSPS) is 10.8. The third-order valence-electron chi connectivity index (χ3n) is 3.42. The molecule has 0 fully saturated rings. The zero-order valence-corrected chi connectivity index (χ0v) is 12.3. The second-order valence-corrected chi connectivity index (χ2v) is 5.28. The summed E-state index contributed by atoms with van der Waals surface area (Å²) in [7, 11) is 0. The number of benzene rings is 2. The molecule has 0 spiro atoms. The molecular formula is C17H21N3O. The lowest BCUT2D eigenvalue weighted by Gasteiger charge is -2.22. The Kier molecular flexibility index (Phi) is 4.95. The van der Waals surface area contributed by atoms with Gasteiger partial charge in [-0.05, 0) is 35.7 Å². The van der Waals surface area contributed by atoms with Gasteiger partial charge in [0.2, 0.25) is 5.91 Å². The summed E-state index contributed by atoms with van der Waals surface area (Å²) < 4.78 is 0. The van der Waals surface area contributed by atoms with Crippen LogP contribution in [-0.4, -0.2) is 17.4 Å². The first kappa shape index (κ1) is 15.1. The average molecular weight is 283 g/mol. The van der Waals surface area contributed by atoms with E-state index in [1.807, 2.05) is 41.3 Å². The highest BCUT2D eigenvalue weighted by Crippen LogP contribution is 2.14. The molecule has 0 atom stereocenters. The highest BCUT2D eigenvalue weighted by atomic mass is 16.1. The summed E-state index contributed by atoms with van der Waals surface area (Å²) >= 11 is 0. The molecule has 110 valence electrons. The number of hydrogen-bond donors (Lipinski definition) is 2. The van der Waals surface area contributed by atoms with Gasteiger partial charge in [0.05, 0.1) is 6.54 Å². The minimum atomic E-state index is -0.320. The van der Waals surface area contributed by atoms with Crippen molar-refractivity contribution >= 4 is 11.6 Å². The van der Waals surface area contributed by atoms with Crippen molar-refractivity contribution in [3.63, 3.8) is 0 Å². The van der Waals surface area contributed by atoms with E-state index in [4.69, 9.17) is 11.5 Å². The Morgan fingerprint density at radius 3 is 2.33 bits per heavy atom. The minimum absolute atomic E-state index is 0.235. The summed E-state index contributed by atoms with van der Waals surface area (Å²) in [6.07, 6.45) is 0. The van der Waals surface area contributed by atoms with Gasteiger partial charge in [-0.15, -0.1) is 0 Å². The Morgan fingerprint density at radius 2 is 1.71 bits per heavy atom. The Balaban J connectivity index is 2.12. The van der Waals surface area contributed by atoms with Crippen molar-refractivity contribution in [1.82, 2.24) is 4.90 Å². The van der Waals surface area contributed by atoms with Crippen LogP contribution >= 0.6 is 0 Å². The molecule has 0 aliphatic carbocycles. The lowest BCUT2D eigenvalue weighted by molar-refractivity contribution is -0.119. The van der Waals surface area contributed by atoms with Gasteiger partial charge in [-0.3, -0.25) is 9.69 Å². The predicted octanol–water partition coefficient (Wildman–Crippen LogP) is 2.06. The number of anilines is 1. The molecule has 0 unspecified atom stereocenters. The first-order chi connectivity index (χ1) is 10.0. The van der Waals surface area contributed by atoms with E-state index in [0.29, 0.717) is 13.1 Å². The number of nitrogens with zero attached hydrogens (tertiary/aromatic N) is 1. The van der Waals surface area contributed by atoms with Gasteiger partial charge in [0.1, 0.15) is 0 Å². The van der Waals surface area contributed by atoms with E-state index in [9.17, 15) is 4.79 Å². The molecule has 2 aromatic rings. The van der Waals surface area contributed by atoms with Crippen molar-refractivity contribution in [2.45, 2.75) is 20.0 Å². The van der Waals surface area contributed by atoms with Crippen LogP contribution in [0.1, 0.15) is 16.7 Å². The summed E-state index contributed by atoms with van der Waals surface area (Å²) in [4.78, 5) is 13.3. The summed E-state index contributed by atoms with van der Waals surface area (Å²) in [5, 5.41) is 0. The maximum Gasteiger partial charge on any atom is 0.231 e. The monoisotopic (exact) mass is 283 g/mol. The number of carbonyl (C=O) groups excluding carboxylic acids is 1. The van der Waals surface area contributed by atoms with E-state index >= 15 is 0 Å². The maximum absolute atomic E-state index is 11.3. The van der Waals surface area contributed by atoms with Gasteiger partial charge in [-0.1, -0.05) is 36.4 Å². The van der Waals surface area contributed by atoms with Crippen LogP contribution in [0.4, 0.5) is 5.69 Å². The Hall–Kier alpha value is -2.33. The number of carbonyl (C=O) groups is 1. The first-order valence-corrected chi connectivity index (χ1v) is 6.94. The zero-order valence-electron chi connectivity index (χ0n) is 12.3. The van der Waals surface area contributed by atoms with Gasteiger partial charge >= 0.3 is 0 Å². The molecule has 0 aromatic heterocycles. The predicted molar refractivity (Wildman–Crippen MR) is 85.3 cm³/mol. The molecule has 4 N–H and O–H groups in total. The molecule has 21 heavy (non-hydrogen) atoms. The molecule has 0 aliphatic rings. The number of nitrogen functional groups attached to an aromatic ring is 1. The molecule has 0 bridgehead atoms. The summed E-state index contributed by atoms with van der Waals surface area (Å²) in [5.74, 6) is -0.320. The number of amides is 1. The van der Waals surface area contributed by atoms with Gasteiger partial charge in [-0.2, -0.15) is 0 Å². The number of nitrogens with two attached hydrogens (primary N) is 2. The van der Waals surface area contributed by atoms with Crippen molar-refractivity contribution in [1.29, 1.82) is 0 Å². The van der Waals surface area contributed by atoms with Gasteiger partial charge in [0, 0.05) is 18.8 Å². The Bertz CT molecular complexity index is 608. The summed E-state index contributed by atoms with van der Waals surface area (Å²) in [6, 6.07) is 15.8. The van der Waals surface area contributed by atoms with Crippen LogP contribution in [-0.2, 0) is 17.9 Å². The second-order valence-electron chi connectivity index (χ2n) is 5.28. The molecule has 2 rings (SSSR count). The Morgan fingerprint density at radius 1 is 1.05 bits per heavy atom. The first-order valence-electron chi connectivity index (χ1n) is 6.94. The van der Waals surface area contributed by atoms with Crippen molar-refractivity contribution in [3.05, 3.63) is 65.2 Å². The topological polar surface area (TPSA) is 72.3 Å². The molecule has 2 aromatic carbocycles. The SMILES string of the molecule is Cc1ccccc1CN(CC(N)=O)Cc1ccc(N)cc1. The Labute approximate surface area is 125 Å². The maximum atomic E-state index is 11.3. The minimum Gasteiger partial charge on any atom is -0.399 e. The van der Waals surface area contributed by atoms with E-state index < -0.39 is 0 Å². The lowest BCUT2D eigenvalue weighted by Crippen LogP contribution is -2.33. The van der Waals surface area contributed by atoms with Crippen LogP contribution in [0.5, 0.6) is 0 Å². The smallest absolute Gasteiger partial charge is 0.231 e. The fourth-order valence-electron chi connectivity index (χ4n) is 2.30. The lowest BCUT2D eigenvalue weighted by atomic mass is 10.1. The molecular weight excluding hydrogens is 262 g/mol. The fourth-order valence-corrected chi connectivity index (χ4v) is 2.30. The van der Waals surface area contributed by atoms with Crippen LogP contribution in [0.2, 0.25) is 0 Å². The average Bonchev–Trinajstić information content (AvgIpc) is 2.43. The van der Waals surface area contributed by atoms with E-state index in [1.54, 1.807) is 0 Å². The van der Waals surface area contributed by atoms with Crippen LogP contribution in [0.25, 0.3) is 0 Å². The molecule has 4 heteroatoms. The van der Waals surface area contributed by atoms with Gasteiger partial charge in [0.25, 0.3) is 0 Å². The van der Waals surface area contributed by atoms with E-state index in [2.05, 4.69) is 19.1 Å². The molecule has 0 saturated heterocycles. The zero-order chi connectivity index (χ0) is 15.2. The number of rotatable bonds is 6. The van der Waals surface area contributed by atoms with Gasteiger partial charge < -0.3 is 11.5 Å². The van der Waals surface area contributed by atoms with Crippen LogP contribution in [0, 0.1) is 6.92 Å². The molecule has 0 aliphatic heterocycles. The van der Waals surface area contributed by atoms with E-state index in [-0.39, 0.29) is 12.5 Å². The third-order valence-corrected chi connectivity index (χ3v) is 3.42. The molecule has 0 radical (unpaired) electrons. The summed E-state index contributed by atoms with van der Waals surface area (Å²) in [5.41, 5.74) is 15.3. The molecule has 1 amide bonds. The summed E-state index contributed by atoms with van der Waals surface area (Å²) in [6.45, 7) is 3.66. The molecule has 0 saturated carbocycles. The fraction of sp³-hybridized carbons (Fsp3) is 0.235. The van der Waals surface area contributed by atoms with Crippen molar-refractivity contribution < 1.29 is 4.79 Å². The van der Waals surface area contributed by atoms with E-state index in [0.717, 1.165) is 11.3 Å². The van der Waals surface area contributed by atoms with Crippen LogP contribution in [0.3, 0.4) is 0 Å². The number of primary amides is 1. The van der Waals surface area contributed by atoms with Crippen molar-refractivity contribution in [3.8, 4) is 0 Å². The van der Waals surface area contributed by atoms with Crippen LogP contribution < -0.4 is 11.5 Å². The van der Waals surface area contributed by atoms with Crippen molar-refractivity contribution in [2.75, 3.05) is 12.3 Å². The largest absolute Gasteiger partial charge is 0.399 e. The number of hydrogen-bond acceptors (Lipinski definition) is 3. The molecule has 0 heterocycles. The second kappa shape index (κ2) is 6.90. The van der Waals surface area contributed by atoms with Gasteiger partial charge in [-0.25, -0.2) is 0 Å². The molecule has 4 nitrogen and oxygen atoms in total.